The van der Waals surface area contributed by atoms with Gasteiger partial charge in [-0.2, -0.15) is 0 Å². The van der Waals surface area contributed by atoms with Crippen LogP contribution in [0.2, 0.25) is 0 Å². The molecule has 1 nitrogen and oxygen atoms in total. The van der Waals surface area contributed by atoms with Gasteiger partial charge in [-0.15, -0.1) is 0 Å². The Morgan fingerprint density at radius 1 is 1.14 bits per heavy atom. The third kappa shape index (κ3) is 1.12. The van der Waals surface area contributed by atoms with Crippen LogP contribution in [-0.4, -0.2) is 12.6 Å². The van der Waals surface area contributed by atoms with E-state index in [1.807, 2.05) is 0 Å². The molecule has 5 atom stereocenters. The molecule has 0 aromatic rings. The van der Waals surface area contributed by atoms with Gasteiger partial charge in [-0.25, -0.2) is 0 Å². The Morgan fingerprint density at radius 3 is 2.79 bits per heavy atom. The zero-order valence-corrected chi connectivity index (χ0v) is 8.82. The van der Waals surface area contributed by atoms with Crippen LogP contribution in [-0.2, 0) is 0 Å². The van der Waals surface area contributed by atoms with Crippen LogP contribution in [0.5, 0.6) is 0 Å². The van der Waals surface area contributed by atoms with Gasteiger partial charge in [0.15, 0.2) is 0 Å². The largest absolute Gasteiger partial charge is 0.313 e. The second-order valence-corrected chi connectivity index (χ2v) is 5.07. The number of allylic oxidation sites excluding steroid dienone is 3. The molecular formula is C13H19N. The molecule has 14 heavy (non-hydrogen) atoms. The molecule has 3 aliphatic rings. The Balaban J connectivity index is 1.91. The molecule has 1 saturated carbocycles. The Bertz CT molecular complexity index is 279. The lowest BCUT2D eigenvalue weighted by Gasteiger charge is -2.31. The standard InChI is InChI=1S/C13H19N/c1-9-10-5-2-3-6-12(10)13-11(9)7-4-8-14-13/h2-3,5-6,9-14H,4,7-8H2,1H3. The summed E-state index contributed by atoms with van der Waals surface area (Å²) >= 11 is 0. The highest BCUT2D eigenvalue weighted by molar-refractivity contribution is 5.21. The molecule has 0 radical (unpaired) electrons. The van der Waals surface area contributed by atoms with Crippen LogP contribution in [0.3, 0.4) is 0 Å². The summed E-state index contributed by atoms with van der Waals surface area (Å²) in [6.07, 6.45) is 12.1. The molecule has 0 aromatic carbocycles. The van der Waals surface area contributed by atoms with Gasteiger partial charge >= 0.3 is 0 Å². The topological polar surface area (TPSA) is 12.0 Å². The van der Waals surface area contributed by atoms with Crippen LogP contribution < -0.4 is 5.32 Å². The molecule has 0 amide bonds. The van der Waals surface area contributed by atoms with E-state index >= 15 is 0 Å². The molecule has 1 heteroatoms. The minimum atomic E-state index is 0.768. The van der Waals surface area contributed by atoms with E-state index in [1.165, 1.54) is 19.4 Å². The highest BCUT2D eigenvalue weighted by Gasteiger charge is 2.46. The normalized spacial score (nSPS) is 50.2. The van der Waals surface area contributed by atoms with E-state index in [0.29, 0.717) is 0 Å². The van der Waals surface area contributed by atoms with E-state index in [9.17, 15) is 0 Å². The first kappa shape index (κ1) is 8.72. The molecular weight excluding hydrogens is 170 g/mol. The summed E-state index contributed by atoms with van der Waals surface area (Å²) in [7, 11) is 0. The summed E-state index contributed by atoms with van der Waals surface area (Å²) in [5, 5.41) is 3.73. The van der Waals surface area contributed by atoms with E-state index in [4.69, 9.17) is 0 Å². The fourth-order valence-electron chi connectivity index (χ4n) is 3.76. The lowest BCUT2D eigenvalue weighted by molar-refractivity contribution is 0.260. The van der Waals surface area contributed by atoms with Gasteiger partial charge in [0.1, 0.15) is 0 Å². The summed E-state index contributed by atoms with van der Waals surface area (Å²) in [6, 6.07) is 0.768. The first-order valence-corrected chi connectivity index (χ1v) is 5.96. The minimum Gasteiger partial charge on any atom is -0.313 e. The summed E-state index contributed by atoms with van der Waals surface area (Å²) in [5.41, 5.74) is 0. The fourth-order valence-corrected chi connectivity index (χ4v) is 3.76. The van der Waals surface area contributed by atoms with Gasteiger partial charge in [-0.3, -0.25) is 0 Å². The van der Waals surface area contributed by atoms with E-state index in [0.717, 1.165) is 29.7 Å². The monoisotopic (exact) mass is 189 g/mol. The van der Waals surface area contributed by atoms with Crippen molar-refractivity contribution >= 4 is 0 Å². The van der Waals surface area contributed by atoms with E-state index in [1.54, 1.807) is 0 Å². The second kappa shape index (κ2) is 3.23. The van der Waals surface area contributed by atoms with Crippen LogP contribution in [0, 0.1) is 23.7 Å². The van der Waals surface area contributed by atoms with Gasteiger partial charge in [0, 0.05) is 6.04 Å². The molecule has 5 unspecified atom stereocenters. The second-order valence-electron chi connectivity index (χ2n) is 5.07. The zero-order chi connectivity index (χ0) is 9.54. The van der Waals surface area contributed by atoms with Crippen molar-refractivity contribution in [3.63, 3.8) is 0 Å². The van der Waals surface area contributed by atoms with Crippen molar-refractivity contribution in [1.82, 2.24) is 5.32 Å². The van der Waals surface area contributed by atoms with Crippen molar-refractivity contribution in [3.05, 3.63) is 24.3 Å². The summed E-state index contributed by atoms with van der Waals surface area (Å²) in [4.78, 5) is 0. The number of hydrogen-bond acceptors (Lipinski definition) is 1. The summed E-state index contributed by atoms with van der Waals surface area (Å²) < 4.78 is 0. The Morgan fingerprint density at radius 2 is 1.93 bits per heavy atom. The number of fused-ring (bicyclic) bond motifs is 3. The average Bonchev–Trinajstić information content (AvgIpc) is 2.55. The van der Waals surface area contributed by atoms with Gasteiger partial charge in [0.2, 0.25) is 0 Å². The fraction of sp³-hybridized carbons (Fsp3) is 0.692. The van der Waals surface area contributed by atoms with Crippen LogP contribution in [0.1, 0.15) is 19.8 Å². The Hall–Kier alpha value is -0.560. The molecule has 76 valence electrons. The third-order valence-electron chi connectivity index (χ3n) is 4.47. The van der Waals surface area contributed by atoms with Crippen LogP contribution in [0.25, 0.3) is 0 Å². The van der Waals surface area contributed by atoms with E-state index < -0.39 is 0 Å². The van der Waals surface area contributed by atoms with Gasteiger partial charge < -0.3 is 5.32 Å². The Kier molecular flexibility index (Phi) is 2.01. The number of hydrogen-bond donors (Lipinski definition) is 1. The van der Waals surface area contributed by atoms with Crippen molar-refractivity contribution in [2.45, 2.75) is 25.8 Å². The molecule has 0 bridgehead atoms. The van der Waals surface area contributed by atoms with Crippen molar-refractivity contribution in [1.29, 1.82) is 0 Å². The van der Waals surface area contributed by atoms with Crippen molar-refractivity contribution in [2.75, 3.05) is 6.54 Å². The van der Waals surface area contributed by atoms with Crippen molar-refractivity contribution in [3.8, 4) is 0 Å². The van der Waals surface area contributed by atoms with Gasteiger partial charge in [0.05, 0.1) is 0 Å². The molecule has 2 fully saturated rings. The first-order valence-electron chi connectivity index (χ1n) is 5.96. The SMILES string of the molecule is CC1C2C=CC=CC2C2NCCCC12. The summed E-state index contributed by atoms with van der Waals surface area (Å²) in [6.45, 7) is 3.67. The predicted molar refractivity (Wildman–Crippen MR) is 58.9 cm³/mol. The third-order valence-corrected chi connectivity index (χ3v) is 4.47. The lowest BCUT2D eigenvalue weighted by atomic mass is 9.85. The summed E-state index contributed by atoms with van der Waals surface area (Å²) in [5.74, 6) is 3.38. The maximum Gasteiger partial charge on any atom is 0.0167 e. The van der Waals surface area contributed by atoms with Crippen LogP contribution in [0.4, 0.5) is 0 Å². The number of rotatable bonds is 0. The molecule has 0 spiro atoms. The van der Waals surface area contributed by atoms with E-state index in [2.05, 4.69) is 36.5 Å². The molecule has 3 rings (SSSR count). The number of piperidine rings is 1. The maximum absolute atomic E-state index is 3.73. The molecule has 0 aromatic heterocycles. The highest BCUT2D eigenvalue weighted by Crippen LogP contribution is 2.47. The van der Waals surface area contributed by atoms with Crippen molar-refractivity contribution < 1.29 is 0 Å². The predicted octanol–water partition coefficient (Wildman–Crippen LogP) is 2.36. The van der Waals surface area contributed by atoms with Crippen molar-refractivity contribution in [2.24, 2.45) is 23.7 Å². The molecule has 2 aliphatic carbocycles. The molecule has 1 N–H and O–H groups in total. The average molecular weight is 189 g/mol. The van der Waals surface area contributed by atoms with Gasteiger partial charge in [0.25, 0.3) is 0 Å². The quantitative estimate of drug-likeness (QED) is 0.617. The lowest BCUT2D eigenvalue weighted by Crippen LogP contribution is -2.42. The molecule has 1 heterocycles. The van der Waals surface area contributed by atoms with Crippen LogP contribution >= 0.6 is 0 Å². The Labute approximate surface area is 86.3 Å². The number of nitrogens with one attached hydrogen (secondary N) is 1. The molecule has 1 aliphatic heterocycles. The van der Waals surface area contributed by atoms with Gasteiger partial charge in [-0.1, -0.05) is 31.2 Å². The molecule has 1 saturated heterocycles. The highest BCUT2D eigenvalue weighted by atomic mass is 15.0. The first-order chi connectivity index (χ1) is 6.88. The maximum atomic E-state index is 3.73. The minimum absolute atomic E-state index is 0.768. The van der Waals surface area contributed by atoms with Crippen LogP contribution in [0.15, 0.2) is 24.3 Å². The smallest absolute Gasteiger partial charge is 0.0167 e. The van der Waals surface area contributed by atoms with Gasteiger partial charge in [-0.05, 0) is 43.1 Å². The van der Waals surface area contributed by atoms with E-state index in [-0.39, 0.29) is 0 Å². The zero-order valence-electron chi connectivity index (χ0n) is 8.82.